The third-order valence-corrected chi connectivity index (χ3v) is 3.98. The first-order valence-corrected chi connectivity index (χ1v) is 8.27. The predicted molar refractivity (Wildman–Crippen MR) is 97.9 cm³/mol. The number of halogens is 1. The van der Waals surface area contributed by atoms with Gasteiger partial charge in [0.1, 0.15) is 11.5 Å². The van der Waals surface area contributed by atoms with Crippen LogP contribution in [-0.4, -0.2) is 32.5 Å². The molecule has 27 heavy (non-hydrogen) atoms. The molecule has 0 saturated carbocycles. The van der Waals surface area contributed by atoms with E-state index in [1.807, 2.05) is 0 Å². The van der Waals surface area contributed by atoms with Crippen molar-refractivity contribution < 1.29 is 14.3 Å². The molecular weight excluding hydrogens is 351 g/mol. The Morgan fingerprint density at radius 3 is 2.78 bits per heavy atom. The Kier molecular flexibility index (Phi) is 5.25. The zero-order chi connectivity index (χ0) is 19.4. The zero-order valence-electron chi connectivity index (χ0n) is 14.5. The lowest BCUT2D eigenvalue weighted by molar-refractivity contribution is 0.202. The van der Waals surface area contributed by atoms with Gasteiger partial charge in [-0.15, -0.1) is 0 Å². The van der Waals surface area contributed by atoms with E-state index >= 15 is 0 Å². The molecule has 8 heteroatoms. The Morgan fingerprint density at radius 1 is 1.26 bits per heavy atom. The molecule has 2 aromatic heterocycles. The summed E-state index contributed by atoms with van der Waals surface area (Å²) in [7, 11) is 0. The van der Waals surface area contributed by atoms with Gasteiger partial charge in [-0.3, -0.25) is 14.7 Å². The van der Waals surface area contributed by atoms with E-state index in [2.05, 4.69) is 10.1 Å². The summed E-state index contributed by atoms with van der Waals surface area (Å²) in [5.74, 6) is -0.504. The van der Waals surface area contributed by atoms with Gasteiger partial charge in [0.25, 0.3) is 0 Å². The van der Waals surface area contributed by atoms with Crippen LogP contribution in [0.5, 0.6) is 0 Å². The summed E-state index contributed by atoms with van der Waals surface area (Å²) in [6.45, 7) is 2.05. The monoisotopic (exact) mass is 368 g/mol. The molecule has 0 aliphatic heterocycles. The lowest BCUT2D eigenvalue weighted by Crippen LogP contribution is -2.28. The number of carboxylic acid groups (broad SMARTS) is 1. The number of anilines is 1. The number of aromatic nitrogens is 3. The fourth-order valence-corrected chi connectivity index (χ4v) is 2.70. The molecule has 0 fully saturated rings. The summed E-state index contributed by atoms with van der Waals surface area (Å²) < 4.78 is 14.8. The fraction of sp³-hybridized carbons (Fsp3) is 0.158. The molecular formula is C19H17FN4O3. The van der Waals surface area contributed by atoms with Gasteiger partial charge in [-0.2, -0.15) is 5.10 Å². The van der Waals surface area contributed by atoms with Crippen molar-refractivity contribution in [2.24, 2.45) is 0 Å². The zero-order valence-corrected chi connectivity index (χ0v) is 14.5. The average Bonchev–Trinajstić information content (AvgIpc) is 2.64. The molecule has 3 rings (SSSR count). The minimum Gasteiger partial charge on any atom is -0.465 e. The van der Waals surface area contributed by atoms with E-state index in [1.165, 1.54) is 34.1 Å². The molecule has 1 amide bonds. The Balaban J connectivity index is 1.93. The maximum atomic E-state index is 13.4. The van der Waals surface area contributed by atoms with Gasteiger partial charge in [0.2, 0.25) is 5.43 Å². The Hall–Kier alpha value is -3.55. The van der Waals surface area contributed by atoms with Crippen LogP contribution >= 0.6 is 0 Å². The second-order valence-corrected chi connectivity index (χ2v) is 5.81. The van der Waals surface area contributed by atoms with Gasteiger partial charge in [0.05, 0.1) is 18.1 Å². The molecule has 2 heterocycles. The highest BCUT2D eigenvalue weighted by atomic mass is 19.1. The SMILES string of the molecule is CCN(C(=O)O)c1cccc(Cc2nn(-c3cncc(F)c3)ccc2=O)c1. The van der Waals surface area contributed by atoms with Crippen LogP contribution in [0, 0.1) is 5.82 Å². The van der Waals surface area contributed by atoms with Gasteiger partial charge in [-0.1, -0.05) is 12.1 Å². The summed E-state index contributed by atoms with van der Waals surface area (Å²) in [4.78, 5) is 28.5. The number of rotatable bonds is 5. The van der Waals surface area contributed by atoms with Crippen LogP contribution in [0.4, 0.5) is 14.9 Å². The van der Waals surface area contributed by atoms with Crippen LogP contribution in [0.15, 0.2) is 59.8 Å². The van der Waals surface area contributed by atoms with E-state index in [9.17, 15) is 19.1 Å². The predicted octanol–water partition coefficient (Wildman–Crippen LogP) is 2.86. The van der Waals surface area contributed by atoms with E-state index in [0.29, 0.717) is 17.9 Å². The normalized spacial score (nSPS) is 10.6. The summed E-state index contributed by atoms with van der Waals surface area (Å²) in [6, 6.07) is 9.54. The highest BCUT2D eigenvalue weighted by molar-refractivity contribution is 5.86. The molecule has 0 atom stereocenters. The highest BCUT2D eigenvalue weighted by Gasteiger charge is 2.13. The van der Waals surface area contributed by atoms with E-state index in [4.69, 9.17) is 0 Å². The molecule has 1 N–H and O–H groups in total. The smallest absolute Gasteiger partial charge is 0.411 e. The summed E-state index contributed by atoms with van der Waals surface area (Å²) in [5.41, 5.74) is 1.66. The summed E-state index contributed by atoms with van der Waals surface area (Å²) in [5, 5.41) is 13.5. The number of carbonyl (C=O) groups is 1. The lowest BCUT2D eigenvalue weighted by Gasteiger charge is -2.17. The summed E-state index contributed by atoms with van der Waals surface area (Å²) in [6.07, 6.45) is 3.14. The van der Waals surface area contributed by atoms with Gasteiger partial charge in [0, 0.05) is 37.0 Å². The molecule has 138 valence electrons. The number of nitrogens with zero attached hydrogens (tertiary/aromatic N) is 4. The first-order valence-electron chi connectivity index (χ1n) is 8.27. The second kappa shape index (κ2) is 7.77. The minimum absolute atomic E-state index is 0.216. The molecule has 0 unspecified atom stereocenters. The van der Waals surface area contributed by atoms with Gasteiger partial charge >= 0.3 is 6.09 Å². The number of benzene rings is 1. The first-order chi connectivity index (χ1) is 13.0. The van der Waals surface area contributed by atoms with E-state index in [-0.39, 0.29) is 17.5 Å². The van der Waals surface area contributed by atoms with Crippen molar-refractivity contribution in [1.29, 1.82) is 0 Å². The van der Waals surface area contributed by atoms with Crippen molar-refractivity contribution in [2.45, 2.75) is 13.3 Å². The topological polar surface area (TPSA) is 88.3 Å². The third kappa shape index (κ3) is 4.17. The quantitative estimate of drug-likeness (QED) is 0.748. The maximum Gasteiger partial charge on any atom is 0.411 e. The van der Waals surface area contributed by atoms with Crippen LogP contribution in [0.25, 0.3) is 5.69 Å². The van der Waals surface area contributed by atoms with Gasteiger partial charge in [0.15, 0.2) is 0 Å². The number of hydrogen-bond donors (Lipinski definition) is 1. The molecule has 0 aliphatic carbocycles. The Labute approximate surface area is 154 Å². The van der Waals surface area contributed by atoms with Crippen LogP contribution in [0.3, 0.4) is 0 Å². The van der Waals surface area contributed by atoms with Crippen molar-refractivity contribution in [3.8, 4) is 5.69 Å². The van der Waals surface area contributed by atoms with Crippen LogP contribution in [-0.2, 0) is 6.42 Å². The molecule has 3 aromatic rings. The van der Waals surface area contributed by atoms with Crippen LogP contribution in [0.2, 0.25) is 0 Å². The minimum atomic E-state index is -1.05. The number of hydrogen-bond acceptors (Lipinski definition) is 4. The maximum absolute atomic E-state index is 13.4. The highest BCUT2D eigenvalue weighted by Crippen LogP contribution is 2.18. The van der Waals surface area contributed by atoms with E-state index < -0.39 is 11.9 Å². The second-order valence-electron chi connectivity index (χ2n) is 5.81. The van der Waals surface area contributed by atoms with Crippen molar-refractivity contribution in [3.05, 3.63) is 82.3 Å². The molecule has 1 aromatic carbocycles. The standard InChI is InChI=1S/C19H17FN4O3/c1-2-23(19(26)27)15-5-3-4-13(8-15)9-17-18(25)6-7-24(22-17)16-10-14(20)11-21-12-16/h3-8,10-12H,2,9H2,1H3,(H,26,27). The lowest BCUT2D eigenvalue weighted by atomic mass is 10.1. The largest absolute Gasteiger partial charge is 0.465 e. The van der Waals surface area contributed by atoms with E-state index in [1.54, 1.807) is 31.2 Å². The van der Waals surface area contributed by atoms with Crippen molar-refractivity contribution >= 4 is 11.8 Å². The Bertz CT molecular complexity index is 1040. The van der Waals surface area contributed by atoms with Crippen LogP contribution in [0.1, 0.15) is 18.2 Å². The van der Waals surface area contributed by atoms with Gasteiger partial charge < -0.3 is 5.11 Å². The molecule has 0 saturated heterocycles. The summed E-state index contributed by atoms with van der Waals surface area (Å²) >= 11 is 0. The number of pyridine rings is 1. The molecule has 0 bridgehead atoms. The molecule has 0 radical (unpaired) electrons. The molecule has 0 spiro atoms. The Morgan fingerprint density at radius 2 is 2.07 bits per heavy atom. The average molecular weight is 368 g/mol. The van der Waals surface area contributed by atoms with Crippen molar-refractivity contribution in [1.82, 2.24) is 14.8 Å². The van der Waals surface area contributed by atoms with Crippen molar-refractivity contribution in [3.63, 3.8) is 0 Å². The molecule has 0 aliphatic rings. The van der Waals surface area contributed by atoms with Gasteiger partial charge in [-0.05, 0) is 24.6 Å². The van der Waals surface area contributed by atoms with E-state index in [0.717, 1.165) is 11.8 Å². The first kappa shape index (κ1) is 18.2. The third-order valence-electron chi connectivity index (χ3n) is 3.98. The van der Waals surface area contributed by atoms with Crippen LogP contribution < -0.4 is 10.3 Å². The molecule has 7 nitrogen and oxygen atoms in total. The fourth-order valence-electron chi connectivity index (χ4n) is 2.70. The van der Waals surface area contributed by atoms with Crippen molar-refractivity contribution in [2.75, 3.05) is 11.4 Å². The number of amides is 1. The van der Waals surface area contributed by atoms with Gasteiger partial charge in [-0.25, -0.2) is 13.9 Å².